The number of nitriles is 1. The first-order chi connectivity index (χ1) is 13.1. The summed E-state index contributed by atoms with van der Waals surface area (Å²) in [4.78, 5) is 0. The second kappa shape index (κ2) is 7.30. The van der Waals surface area contributed by atoms with Gasteiger partial charge < -0.3 is 4.57 Å². The van der Waals surface area contributed by atoms with Crippen molar-refractivity contribution in [3.8, 4) is 6.07 Å². The maximum atomic E-state index is 13.7. The minimum Gasteiger partial charge on any atom is -0.343 e. The van der Waals surface area contributed by atoms with E-state index in [1.807, 2.05) is 36.4 Å². The molecular formula is C19H16F3N3O2S. The van der Waals surface area contributed by atoms with Gasteiger partial charge in [0.15, 0.2) is 0 Å². The molecule has 3 aromatic rings. The average Bonchev–Trinajstić information content (AvgIpc) is 2.96. The zero-order valence-electron chi connectivity index (χ0n) is 14.7. The van der Waals surface area contributed by atoms with Crippen LogP contribution in [0.25, 0.3) is 10.9 Å². The lowest BCUT2D eigenvalue weighted by Gasteiger charge is -2.20. The van der Waals surface area contributed by atoms with Crippen LogP contribution < -0.4 is 4.72 Å². The van der Waals surface area contributed by atoms with Gasteiger partial charge in [-0.25, -0.2) is 8.42 Å². The largest absolute Gasteiger partial charge is 0.408 e. The van der Waals surface area contributed by atoms with Crippen LogP contribution in [0.5, 0.6) is 0 Å². The van der Waals surface area contributed by atoms with Crippen LogP contribution in [-0.2, 0) is 16.6 Å². The van der Waals surface area contributed by atoms with Crippen LogP contribution in [0, 0.1) is 11.3 Å². The normalized spacial score (nSPS) is 13.4. The molecule has 0 aliphatic carbocycles. The summed E-state index contributed by atoms with van der Waals surface area (Å²) in [5, 5.41) is 9.37. The molecule has 0 amide bonds. The molecule has 146 valence electrons. The SMILES string of the molecule is CS(=O)(=O)NC(c1cn(Cc2ccccc2)c2cc(C#N)ccc12)C(F)(F)F. The number of nitrogens with one attached hydrogen (secondary N) is 1. The lowest BCUT2D eigenvalue weighted by atomic mass is 10.0. The fourth-order valence-corrected chi connectivity index (χ4v) is 3.74. The summed E-state index contributed by atoms with van der Waals surface area (Å²) in [7, 11) is -4.12. The molecule has 1 heterocycles. The van der Waals surface area contributed by atoms with E-state index < -0.39 is 22.2 Å². The van der Waals surface area contributed by atoms with E-state index in [2.05, 4.69) is 0 Å². The highest BCUT2D eigenvalue weighted by Crippen LogP contribution is 2.38. The molecule has 1 atom stereocenters. The van der Waals surface area contributed by atoms with Crippen LogP contribution in [0.4, 0.5) is 13.2 Å². The van der Waals surface area contributed by atoms with E-state index >= 15 is 0 Å². The van der Waals surface area contributed by atoms with Crippen LogP contribution in [-0.4, -0.2) is 25.4 Å². The molecule has 0 saturated carbocycles. The van der Waals surface area contributed by atoms with Crippen molar-refractivity contribution in [2.24, 2.45) is 0 Å². The number of rotatable bonds is 5. The third-order valence-corrected chi connectivity index (χ3v) is 4.87. The summed E-state index contributed by atoms with van der Waals surface area (Å²) < 4.78 is 67.3. The van der Waals surface area contributed by atoms with Crippen LogP contribution in [0.3, 0.4) is 0 Å². The Labute approximate surface area is 160 Å². The van der Waals surface area contributed by atoms with Gasteiger partial charge >= 0.3 is 6.18 Å². The van der Waals surface area contributed by atoms with Crippen molar-refractivity contribution in [1.29, 1.82) is 5.26 Å². The van der Waals surface area contributed by atoms with E-state index in [9.17, 15) is 21.6 Å². The first kappa shape index (κ1) is 19.9. The number of fused-ring (bicyclic) bond motifs is 1. The maximum absolute atomic E-state index is 13.7. The zero-order chi connectivity index (χ0) is 20.5. The molecule has 0 bridgehead atoms. The van der Waals surface area contributed by atoms with Crippen LogP contribution in [0.2, 0.25) is 0 Å². The van der Waals surface area contributed by atoms with Gasteiger partial charge in [-0.2, -0.15) is 23.2 Å². The highest BCUT2D eigenvalue weighted by Gasteiger charge is 2.44. The Kier molecular flexibility index (Phi) is 5.19. The number of benzene rings is 2. The van der Waals surface area contributed by atoms with Crippen LogP contribution >= 0.6 is 0 Å². The maximum Gasteiger partial charge on any atom is 0.408 e. The van der Waals surface area contributed by atoms with Gasteiger partial charge in [-0.15, -0.1) is 0 Å². The fraction of sp³-hybridized carbons (Fsp3) is 0.211. The molecular weight excluding hydrogens is 391 g/mol. The van der Waals surface area contributed by atoms with E-state index in [0.29, 0.717) is 17.3 Å². The molecule has 0 radical (unpaired) electrons. The Morgan fingerprint density at radius 2 is 1.86 bits per heavy atom. The molecule has 0 saturated heterocycles. The van der Waals surface area contributed by atoms with Crippen molar-refractivity contribution in [2.75, 3.05) is 6.26 Å². The summed E-state index contributed by atoms with van der Waals surface area (Å²) >= 11 is 0. The van der Waals surface area contributed by atoms with Crippen molar-refractivity contribution in [2.45, 2.75) is 18.8 Å². The average molecular weight is 407 g/mol. The number of sulfonamides is 1. The van der Waals surface area contributed by atoms with Gasteiger partial charge in [0.1, 0.15) is 6.04 Å². The molecule has 0 spiro atoms. The summed E-state index contributed by atoms with van der Waals surface area (Å²) in [5.74, 6) is 0. The predicted molar refractivity (Wildman–Crippen MR) is 99.0 cm³/mol. The lowest BCUT2D eigenvalue weighted by molar-refractivity contribution is -0.152. The molecule has 9 heteroatoms. The van der Waals surface area contributed by atoms with Crippen molar-refractivity contribution in [3.05, 3.63) is 71.4 Å². The monoisotopic (exact) mass is 407 g/mol. The van der Waals surface area contributed by atoms with Crippen LogP contribution in [0.1, 0.15) is 22.7 Å². The van der Waals surface area contributed by atoms with E-state index in [4.69, 9.17) is 5.26 Å². The third-order valence-electron chi connectivity index (χ3n) is 4.21. The fourth-order valence-electron chi connectivity index (χ4n) is 3.05. The lowest BCUT2D eigenvalue weighted by Crippen LogP contribution is -2.37. The number of nitrogens with zero attached hydrogens (tertiary/aromatic N) is 2. The third kappa shape index (κ3) is 4.35. The molecule has 1 aromatic heterocycles. The van der Waals surface area contributed by atoms with E-state index in [-0.39, 0.29) is 17.5 Å². The summed E-state index contributed by atoms with van der Waals surface area (Å²) in [5.41, 5.74) is 1.36. The van der Waals surface area contributed by atoms with Crippen molar-refractivity contribution in [1.82, 2.24) is 9.29 Å². The Hall–Kier alpha value is -2.83. The second-order valence-electron chi connectivity index (χ2n) is 6.41. The highest BCUT2D eigenvalue weighted by atomic mass is 32.2. The predicted octanol–water partition coefficient (Wildman–Crippen LogP) is 3.71. The quantitative estimate of drug-likeness (QED) is 0.701. The molecule has 3 rings (SSSR count). The smallest absolute Gasteiger partial charge is 0.343 e. The summed E-state index contributed by atoms with van der Waals surface area (Å²) in [6.07, 6.45) is -2.86. The minimum atomic E-state index is -4.83. The highest BCUT2D eigenvalue weighted by molar-refractivity contribution is 7.88. The Morgan fingerprint density at radius 3 is 2.43 bits per heavy atom. The van der Waals surface area contributed by atoms with Gasteiger partial charge in [0, 0.05) is 29.2 Å². The Balaban J connectivity index is 2.20. The minimum absolute atomic E-state index is 0.214. The van der Waals surface area contributed by atoms with Gasteiger partial charge in [-0.1, -0.05) is 36.4 Å². The number of hydrogen-bond donors (Lipinski definition) is 1. The second-order valence-corrected chi connectivity index (χ2v) is 8.19. The number of hydrogen-bond acceptors (Lipinski definition) is 3. The molecule has 1 N–H and O–H groups in total. The summed E-state index contributed by atoms with van der Waals surface area (Å²) in [6, 6.07) is 13.0. The molecule has 0 fully saturated rings. The molecule has 0 aliphatic heterocycles. The number of aromatic nitrogens is 1. The standard InChI is InChI=1S/C19H16F3N3O2S/c1-28(26,27)24-18(19(20,21)22)16-12-25(11-13-5-3-2-4-6-13)17-9-14(10-23)7-8-15(16)17/h2-9,12,18,24H,11H2,1H3. The van der Waals surface area contributed by atoms with Crippen molar-refractivity contribution < 1.29 is 21.6 Å². The number of halogens is 3. The van der Waals surface area contributed by atoms with Gasteiger partial charge in [0.25, 0.3) is 0 Å². The van der Waals surface area contributed by atoms with E-state index in [0.717, 1.165) is 5.56 Å². The van der Waals surface area contributed by atoms with Crippen LogP contribution in [0.15, 0.2) is 54.7 Å². The Morgan fingerprint density at radius 1 is 1.18 bits per heavy atom. The first-order valence-electron chi connectivity index (χ1n) is 8.19. The molecule has 2 aromatic carbocycles. The summed E-state index contributed by atoms with van der Waals surface area (Å²) in [6.45, 7) is 0.273. The van der Waals surface area contributed by atoms with Crippen molar-refractivity contribution >= 4 is 20.9 Å². The van der Waals surface area contributed by atoms with Gasteiger partial charge in [-0.05, 0) is 17.7 Å². The first-order valence-corrected chi connectivity index (χ1v) is 10.1. The number of alkyl halides is 3. The topological polar surface area (TPSA) is 74.9 Å². The zero-order valence-corrected chi connectivity index (χ0v) is 15.6. The van der Waals surface area contributed by atoms with E-state index in [1.54, 1.807) is 9.29 Å². The van der Waals surface area contributed by atoms with E-state index in [1.165, 1.54) is 24.4 Å². The molecule has 28 heavy (non-hydrogen) atoms. The molecule has 1 unspecified atom stereocenters. The van der Waals surface area contributed by atoms with Gasteiger partial charge in [-0.3, -0.25) is 0 Å². The Bertz CT molecular complexity index is 1150. The van der Waals surface area contributed by atoms with Crippen molar-refractivity contribution in [3.63, 3.8) is 0 Å². The molecule has 5 nitrogen and oxygen atoms in total. The van der Waals surface area contributed by atoms with Gasteiger partial charge in [0.05, 0.1) is 17.9 Å². The molecule has 0 aliphatic rings. The van der Waals surface area contributed by atoms with Gasteiger partial charge in [0.2, 0.25) is 10.0 Å².